The van der Waals surface area contributed by atoms with Crippen molar-refractivity contribution in [1.82, 2.24) is 0 Å². The lowest BCUT2D eigenvalue weighted by Crippen LogP contribution is -2.29. The number of carbonyl (C=O) groups excluding carboxylic acids is 2. The van der Waals surface area contributed by atoms with Gasteiger partial charge in [-0.05, 0) is 76.3 Å². The van der Waals surface area contributed by atoms with E-state index in [0.717, 1.165) is 69.3 Å². The Morgan fingerprint density at radius 3 is 1.98 bits per heavy atom. The van der Waals surface area contributed by atoms with Gasteiger partial charge >= 0.3 is 19.8 Å². The standard InChI is InChI=1S/C45H72NO11P/c1-5-7-18-26-39(47)28-20-16-17-21-29-40(48)27-19-12-8-10-14-23-31-44(49)53-35-41(36-55-58(51,52)54-34-33-46)56-45(50)32-24-15-11-9-13-22-30-43-38(4)37(3)42(57-43)25-6-2/h7,10,12,14,16-21,28-29,39-41,47-48H,5-6,8-9,11,13,15,22-27,30-36,46H2,1-4H3,(H,51,52)/b14-10-,17-16-,18-7-,19-12-,28-20+,29-21+/t39-,40+,41-/m1/s1. The lowest BCUT2D eigenvalue weighted by Gasteiger charge is -2.19. The van der Waals surface area contributed by atoms with Crippen LogP contribution in [0.3, 0.4) is 0 Å². The number of aliphatic hydroxyl groups excluding tert-OH is 2. The molecular formula is C45H72NO11P. The van der Waals surface area contributed by atoms with E-state index in [9.17, 15) is 29.3 Å². The predicted molar refractivity (Wildman–Crippen MR) is 230 cm³/mol. The van der Waals surface area contributed by atoms with Gasteiger partial charge in [0.2, 0.25) is 0 Å². The molecule has 0 bridgehead atoms. The largest absolute Gasteiger partial charge is 0.472 e. The predicted octanol–water partition coefficient (Wildman–Crippen LogP) is 9.09. The second-order valence-corrected chi connectivity index (χ2v) is 15.6. The minimum Gasteiger partial charge on any atom is -0.466 e. The summed E-state index contributed by atoms with van der Waals surface area (Å²) in [6.45, 7) is 7.44. The zero-order chi connectivity index (χ0) is 42.9. The molecule has 0 aliphatic heterocycles. The van der Waals surface area contributed by atoms with Crippen molar-refractivity contribution in [3.63, 3.8) is 0 Å². The number of hydrogen-bond acceptors (Lipinski definition) is 11. The van der Waals surface area contributed by atoms with Crippen molar-refractivity contribution in [2.24, 2.45) is 5.73 Å². The van der Waals surface area contributed by atoms with Crippen LogP contribution in [0.4, 0.5) is 0 Å². The quantitative estimate of drug-likeness (QED) is 0.0170. The molecule has 0 spiro atoms. The van der Waals surface area contributed by atoms with E-state index in [1.165, 1.54) is 11.1 Å². The molecule has 1 unspecified atom stereocenters. The molecule has 0 aromatic carbocycles. The number of furan rings is 1. The van der Waals surface area contributed by atoms with Crippen LogP contribution >= 0.6 is 7.82 Å². The molecule has 58 heavy (non-hydrogen) atoms. The third kappa shape index (κ3) is 27.4. The molecule has 4 atom stereocenters. The lowest BCUT2D eigenvalue weighted by molar-refractivity contribution is -0.161. The normalized spacial score (nSPS) is 15.1. The van der Waals surface area contributed by atoms with Gasteiger partial charge in [-0.25, -0.2) is 4.57 Å². The maximum absolute atomic E-state index is 12.6. The SMILES string of the molecule is CC/C=C\C[C@@H](O)/C=C/C=C\C=C\[C@@H](O)C/C=C\C/C=C\CCC(=O)OC[C@H](COP(=O)(O)OCCN)OC(=O)CCCCCCCCc1oc(CCC)c(C)c1C. The van der Waals surface area contributed by atoms with Crippen LogP contribution in [0.25, 0.3) is 0 Å². The number of aryl methyl sites for hydroxylation is 2. The number of esters is 2. The number of unbranched alkanes of at least 4 members (excludes halogenated alkanes) is 5. The average Bonchev–Trinajstić information content (AvgIpc) is 3.46. The fourth-order valence-corrected chi connectivity index (χ4v) is 6.35. The van der Waals surface area contributed by atoms with Crippen molar-refractivity contribution in [1.29, 1.82) is 0 Å². The average molecular weight is 834 g/mol. The monoisotopic (exact) mass is 833 g/mol. The van der Waals surface area contributed by atoms with E-state index in [-0.39, 0.29) is 32.6 Å². The van der Waals surface area contributed by atoms with Gasteiger partial charge in [-0.1, -0.05) is 112 Å². The van der Waals surface area contributed by atoms with Crippen molar-refractivity contribution >= 4 is 19.8 Å². The molecule has 0 radical (unpaired) electrons. The fraction of sp³-hybridized carbons (Fsp3) is 0.600. The number of allylic oxidation sites excluding steroid dienone is 8. The first-order chi connectivity index (χ1) is 27.9. The van der Waals surface area contributed by atoms with E-state index >= 15 is 0 Å². The van der Waals surface area contributed by atoms with Gasteiger partial charge in [0.15, 0.2) is 6.10 Å². The van der Waals surface area contributed by atoms with E-state index in [2.05, 4.69) is 20.8 Å². The molecule has 1 rings (SSSR count). The summed E-state index contributed by atoms with van der Waals surface area (Å²) in [5.41, 5.74) is 7.87. The summed E-state index contributed by atoms with van der Waals surface area (Å²) in [6.07, 6.45) is 31.7. The van der Waals surface area contributed by atoms with Crippen LogP contribution in [0.2, 0.25) is 0 Å². The highest BCUT2D eigenvalue weighted by atomic mass is 31.2. The first-order valence-corrected chi connectivity index (χ1v) is 22.5. The molecular weight excluding hydrogens is 761 g/mol. The van der Waals surface area contributed by atoms with Gasteiger partial charge in [0.1, 0.15) is 18.1 Å². The summed E-state index contributed by atoms with van der Waals surface area (Å²) in [5.74, 6) is 1.16. The fourth-order valence-electron chi connectivity index (χ4n) is 5.59. The number of nitrogens with two attached hydrogens (primary N) is 1. The number of carbonyl (C=O) groups is 2. The summed E-state index contributed by atoms with van der Waals surface area (Å²) in [4.78, 5) is 34.9. The highest BCUT2D eigenvalue weighted by molar-refractivity contribution is 7.47. The summed E-state index contributed by atoms with van der Waals surface area (Å²) >= 11 is 0. The van der Waals surface area contributed by atoms with Crippen molar-refractivity contribution in [3.05, 3.63) is 95.6 Å². The Hall–Kier alpha value is -3.35. The molecule has 13 heteroatoms. The summed E-state index contributed by atoms with van der Waals surface area (Å²) in [6, 6.07) is 0. The maximum atomic E-state index is 12.6. The molecule has 12 nitrogen and oxygen atoms in total. The molecule has 0 aliphatic rings. The number of rotatable bonds is 34. The van der Waals surface area contributed by atoms with Gasteiger partial charge in [0.25, 0.3) is 0 Å². The Labute approximate surface area is 347 Å². The summed E-state index contributed by atoms with van der Waals surface area (Å²) < 4.78 is 38.7. The van der Waals surface area contributed by atoms with Gasteiger partial charge in [-0.2, -0.15) is 0 Å². The molecule has 0 fully saturated rings. The van der Waals surface area contributed by atoms with Crippen LogP contribution in [-0.2, 0) is 45.5 Å². The number of phosphoric acid groups is 1. The van der Waals surface area contributed by atoms with Gasteiger partial charge < -0.3 is 34.7 Å². The number of aliphatic hydroxyl groups is 2. The van der Waals surface area contributed by atoms with Crippen molar-refractivity contribution < 1.29 is 52.2 Å². The van der Waals surface area contributed by atoms with Crippen LogP contribution in [-0.4, -0.2) is 71.7 Å². The highest BCUT2D eigenvalue weighted by Gasteiger charge is 2.26. The Balaban J connectivity index is 2.38. The number of hydrogen-bond donors (Lipinski definition) is 4. The van der Waals surface area contributed by atoms with E-state index in [0.29, 0.717) is 32.1 Å². The first-order valence-electron chi connectivity index (χ1n) is 21.0. The zero-order valence-electron chi connectivity index (χ0n) is 35.4. The van der Waals surface area contributed by atoms with Crippen molar-refractivity contribution in [2.75, 3.05) is 26.4 Å². The molecule has 1 aromatic rings. The second-order valence-electron chi connectivity index (χ2n) is 14.1. The Bertz CT molecular complexity index is 1490. The van der Waals surface area contributed by atoms with Gasteiger partial charge in [0.05, 0.1) is 25.4 Å². The van der Waals surface area contributed by atoms with Crippen LogP contribution in [0.15, 0.2) is 77.3 Å². The number of phosphoric ester groups is 1. The molecule has 0 amide bonds. The van der Waals surface area contributed by atoms with Gasteiger partial charge in [0, 0.05) is 32.2 Å². The lowest BCUT2D eigenvalue weighted by atomic mass is 10.0. The van der Waals surface area contributed by atoms with Gasteiger partial charge in [-0.3, -0.25) is 18.6 Å². The minimum absolute atomic E-state index is 0.0151. The Morgan fingerprint density at radius 1 is 0.741 bits per heavy atom. The van der Waals surface area contributed by atoms with E-state index in [4.69, 9.17) is 28.7 Å². The second kappa shape index (κ2) is 33.5. The van der Waals surface area contributed by atoms with Crippen molar-refractivity contribution in [2.45, 2.75) is 149 Å². The third-order valence-electron chi connectivity index (χ3n) is 8.96. The van der Waals surface area contributed by atoms with Crippen LogP contribution < -0.4 is 5.73 Å². The Morgan fingerprint density at radius 2 is 1.34 bits per heavy atom. The van der Waals surface area contributed by atoms with Crippen LogP contribution in [0.1, 0.15) is 126 Å². The van der Waals surface area contributed by atoms with Crippen molar-refractivity contribution in [3.8, 4) is 0 Å². The van der Waals surface area contributed by atoms with E-state index in [1.807, 2.05) is 43.4 Å². The topological polar surface area (TPSA) is 188 Å². The molecule has 1 heterocycles. The maximum Gasteiger partial charge on any atom is 0.472 e. The smallest absolute Gasteiger partial charge is 0.466 e. The highest BCUT2D eigenvalue weighted by Crippen LogP contribution is 2.43. The molecule has 1 aromatic heterocycles. The van der Waals surface area contributed by atoms with E-state index in [1.54, 1.807) is 36.5 Å². The molecule has 0 saturated carbocycles. The number of ether oxygens (including phenoxy) is 2. The Kier molecular flexibility index (Phi) is 30.4. The van der Waals surface area contributed by atoms with Gasteiger partial charge in [-0.15, -0.1) is 0 Å². The molecule has 0 saturated heterocycles. The first kappa shape index (κ1) is 52.7. The summed E-state index contributed by atoms with van der Waals surface area (Å²) in [7, 11) is -4.44. The molecule has 328 valence electrons. The van der Waals surface area contributed by atoms with Crippen LogP contribution in [0.5, 0.6) is 0 Å². The molecule has 5 N–H and O–H groups in total. The van der Waals surface area contributed by atoms with E-state index < -0.39 is 44.7 Å². The zero-order valence-corrected chi connectivity index (χ0v) is 36.3. The van der Waals surface area contributed by atoms with Crippen LogP contribution in [0, 0.1) is 13.8 Å². The minimum atomic E-state index is -4.44. The summed E-state index contributed by atoms with van der Waals surface area (Å²) in [5, 5.41) is 19.9. The third-order valence-corrected chi connectivity index (χ3v) is 9.94. The molecule has 0 aliphatic carbocycles.